The van der Waals surface area contributed by atoms with E-state index in [0.717, 1.165) is 36.6 Å². The van der Waals surface area contributed by atoms with E-state index < -0.39 is 0 Å². The zero-order valence-corrected chi connectivity index (χ0v) is 12.7. The fourth-order valence-electron chi connectivity index (χ4n) is 2.40. The molecular weight excluding hydrogens is 222 g/mol. The van der Waals surface area contributed by atoms with Gasteiger partial charge in [-0.05, 0) is 40.0 Å². The van der Waals surface area contributed by atoms with Crippen molar-refractivity contribution >= 4 is 5.82 Å². The van der Waals surface area contributed by atoms with Gasteiger partial charge in [-0.2, -0.15) is 0 Å². The molecule has 1 heterocycles. The van der Waals surface area contributed by atoms with Crippen LogP contribution in [0.4, 0.5) is 5.82 Å². The van der Waals surface area contributed by atoms with Crippen LogP contribution in [0.2, 0.25) is 0 Å². The third-order valence-corrected chi connectivity index (χ3v) is 3.22. The molecule has 18 heavy (non-hydrogen) atoms. The Bertz CT molecular complexity index is 372. The summed E-state index contributed by atoms with van der Waals surface area (Å²) in [4.78, 5) is 4.78. The van der Waals surface area contributed by atoms with Gasteiger partial charge in [0, 0.05) is 12.0 Å². The second-order valence-corrected chi connectivity index (χ2v) is 6.07. The van der Waals surface area contributed by atoms with E-state index in [-0.39, 0.29) is 5.54 Å². The van der Waals surface area contributed by atoms with Crippen molar-refractivity contribution in [1.82, 2.24) is 9.55 Å². The van der Waals surface area contributed by atoms with Gasteiger partial charge in [0.2, 0.25) is 0 Å². The predicted molar refractivity (Wildman–Crippen MR) is 78.9 cm³/mol. The fraction of sp³-hybridized carbons (Fsp3) is 0.800. The number of nitrogens with two attached hydrogens (primary N) is 1. The van der Waals surface area contributed by atoms with Crippen LogP contribution in [0.25, 0.3) is 0 Å². The summed E-state index contributed by atoms with van der Waals surface area (Å²) in [5.41, 5.74) is 7.42. The van der Waals surface area contributed by atoms with Gasteiger partial charge in [0.1, 0.15) is 11.6 Å². The molecule has 0 saturated carbocycles. The zero-order chi connectivity index (χ0) is 13.8. The summed E-state index contributed by atoms with van der Waals surface area (Å²) < 4.78 is 2.22. The van der Waals surface area contributed by atoms with E-state index in [4.69, 9.17) is 10.7 Å². The molecule has 0 radical (unpaired) electrons. The van der Waals surface area contributed by atoms with Crippen LogP contribution in [0.5, 0.6) is 0 Å². The Morgan fingerprint density at radius 1 is 1.06 bits per heavy atom. The van der Waals surface area contributed by atoms with Gasteiger partial charge in [-0.25, -0.2) is 4.98 Å². The number of nitrogens with zero attached hydrogens (tertiary/aromatic N) is 2. The van der Waals surface area contributed by atoms with Crippen LogP contribution in [-0.2, 0) is 18.4 Å². The third-order valence-electron chi connectivity index (χ3n) is 3.22. The monoisotopic (exact) mass is 251 g/mol. The molecule has 2 N–H and O–H groups in total. The molecular formula is C15H29N3. The molecule has 1 aromatic rings. The summed E-state index contributed by atoms with van der Waals surface area (Å²) in [5, 5.41) is 0. The Kier molecular flexibility index (Phi) is 5.24. The van der Waals surface area contributed by atoms with Crippen molar-refractivity contribution < 1.29 is 0 Å². The topological polar surface area (TPSA) is 43.8 Å². The Hall–Kier alpha value is -0.990. The minimum atomic E-state index is 0.0184. The molecule has 3 heteroatoms. The van der Waals surface area contributed by atoms with E-state index in [0.29, 0.717) is 0 Å². The van der Waals surface area contributed by atoms with E-state index in [1.165, 1.54) is 19.3 Å². The number of hydrogen-bond donors (Lipinski definition) is 1. The quantitative estimate of drug-likeness (QED) is 0.779. The first-order chi connectivity index (χ1) is 8.41. The normalized spacial score (nSPS) is 12.1. The summed E-state index contributed by atoms with van der Waals surface area (Å²) in [6, 6.07) is 0. The highest BCUT2D eigenvalue weighted by molar-refractivity contribution is 5.39. The van der Waals surface area contributed by atoms with Gasteiger partial charge in [0.15, 0.2) is 0 Å². The maximum atomic E-state index is 6.30. The summed E-state index contributed by atoms with van der Waals surface area (Å²) in [6.45, 7) is 11.0. The van der Waals surface area contributed by atoms with Gasteiger partial charge in [0.05, 0.1) is 5.69 Å². The van der Waals surface area contributed by atoms with E-state index in [1.807, 2.05) is 0 Å². The first-order valence-corrected chi connectivity index (χ1v) is 7.28. The maximum Gasteiger partial charge on any atom is 0.127 e. The van der Waals surface area contributed by atoms with Gasteiger partial charge in [-0.3, -0.25) is 0 Å². The fourth-order valence-corrected chi connectivity index (χ4v) is 2.40. The first-order valence-electron chi connectivity index (χ1n) is 7.28. The van der Waals surface area contributed by atoms with Crippen LogP contribution in [-0.4, -0.2) is 9.55 Å². The van der Waals surface area contributed by atoms with E-state index in [9.17, 15) is 0 Å². The summed E-state index contributed by atoms with van der Waals surface area (Å²) in [5.74, 6) is 2.02. The number of nitrogen functional groups attached to an aromatic ring is 1. The molecule has 1 rings (SSSR count). The van der Waals surface area contributed by atoms with Gasteiger partial charge in [-0.15, -0.1) is 0 Å². The highest BCUT2D eigenvalue weighted by Crippen LogP contribution is 2.26. The van der Waals surface area contributed by atoms with Crippen molar-refractivity contribution in [2.24, 2.45) is 0 Å². The number of rotatable bonds is 6. The van der Waals surface area contributed by atoms with Crippen molar-refractivity contribution in [1.29, 1.82) is 0 Å². The predicted octanol–water partition coefficient (Wildman–Crippen LogP) is 3.91. The molecule has 0 aliphatic heterocycles. The van der Waals surface area contributed by atoms with Crippen LogP contribution >= 0.6 is 0 Å². The molecule has 0 fully saturated rings. The Labute approximate surface area is 112 Å². The third kappa shape index (κ3) is 3.50. The number of imidazole rings is 1. The smallest absolute Gasteiger partial charge is 0.127 e. The number of anilines is 1. The molecule has 1 aromatic heterocycles. The number of aryl methyl sites for hydroxylation is 2. The average molecular weight is 251 g/mol. The van der Waals surface area contributed by atoms with Crippen molar-refractivity contribution in [3.05, 3.63) is 11.5 Å². The lowest BCUT2D eigenvalue weighted by Crippen LogP contribution is -2.25. The Morgan fingerprint density at radius 3 is 2.22 bits per heavy atom. The molecule has 0 unspecified atom stereocenters. The van der Waals surface area contributed by atoms with Crippen molar-refractivity contribution in [3.63, 3.8) is 0 Å². The highest BCUT2D eigenvalue weighted by atomic mass is 15.2. The van der Waals surface area contributed by atoms with Crippen LogP contribution in [0.3, 0.4) is 0 Å². The molecule has 0 amide bonds. The van der Waals surface area contributed by atoms with Crippen molar-refractivity contribution in [2.75, 3.05) is 5.73 Å². The van der Waals surface area contributed by atoms with Crippen LogP contribution < -0.4 is 5.73 Å². The summed E-state index contributed by atoms with van der Waals surface area (Å²) >= 11 is 0. The lowest BCUT2D eigenvalue weighted by molar-refractivity contribution is 0.387. The maximum absolute atomic E-state index is 6.30. The molecule has 0 aromatic carbocycles. The largest absolute Gasteiger partial charge is 0.384 e. The molecule has 0 saturated heterocycles. The molecule has 0 aliphatic carbocycles. The second kappa shape index (κ2) is 6.26. The van der Waals surface area contributed by atoms with Gasteiger partial charge in [0.25, 0.3) is 0 Å². The number of hydrogen-bond acceptors (Lipinski definition) is 2. The molecule has 0 aliphatic rings. The van der Waals surface area contributed by atoms with Gasteiger partial charge in [-0.1, -0.05) is 26.7 Å². The van der Waals surface area contributed by atoms with Gasteiger partial charge < -0.3 is 10.3 Å². The van der Waals surface area contributed by atoms with Crippen LogP contribution in [0, 0.1) is 0 Å². The van der Waals surface area contributed by atoms with Crippen molar-refractivity contribution in [2.45, 2.75) is 78.7 Å². The minimum Gasteiger partial charge on any atom is -0.384 e. The molecule has 0 atom stereocenters. The lowest BCUT2D eigenvalue weighted by atomic mass is 10.1. The molecule has 0 bridgehead atoms. The van der Waals surface area contributed by atoms with Crippen molar-refractivity contribution in [3.8, 4) is 0 Å². The minimum absolute atomic E-state index is 0.0184. The average Bonchev–Trinajstić information content (AvgIpc) is 2.56. The molecule has 0 spiro atoms. The summed E-state index contributed by atoms with van der Waals surface area (Å²) in [7, 11) is 0. The first kappa shape index (κ1) is 15.1. The summed E-state index contributed by atoms with van der Waals surface area (Å²) in [6.07, 6.45) is 6.82. The Morgan fingerprint density at radius 2 is 1.72 bits per heavy atom. The van der Waals surface area contributed by atoms with E-state index in [2.05, 4.69) is 39.2 Å². The van der Waals surface area contributed by atoms with E-state index in [1.54, 1.807) is 0 Å². The SMILES string of the molecule is CCCCCc1nc(CCC)n(C(C)(C)C)c1N. The van der Waals surface area contributed by atoms with Crippen LogP contribution in [0.15, 0.2) is 0 Å². The zero-order valence-electron chi connectivity index (χ0n) is 12.7. The van der Waals surface area contributed by atoms with Gasteiger partial charge >= 0.3 is 0 Å². The molecule has 3 nitrogen and oxygen atoms in total. The lowest BCUT2D eigenvalue weighted by Gasteiger charge is -2.25. The Balaban J connectivity index is 3.00. The van der Waals surface area contributed by atoms with E-state index >= 15 is 0 Å². The standard InChI is InChI=1S/C15H29N3/c1-6-8-9-11-12-14(16)18(15(3,4)5)13(17-12)10-7-2/h6-11,16H2,1-5H3. The number of aromatic nitrogens is 2. The second-order valence-electron chi connectivity index (χ2n) is 6.07. The van der Waals surface area contributed by atoms with Crippen LogP contribution in [0.1, 0.15) is 71.8 Å². The highest BCUT2D eigenvalue weighted by Gasteiger charge is 2.22. The molecule has 104 valence electrons. The number of unbranched alkanes of at least 4 members (excludes halogenated alkanes) is 2.